The molecule has 88 valence electrons. The van der Waals surface area contributed by atoms with E-state index in [1.165, 1.54) is 11.4 Å². The van der Waals surface area contributed by atoms with Crippen molar-refractivity contribution in [2.75, 3.05) is 11.1 Å². The summed E-state index contributed by atoms with van der Waals surface area (Å²) in [6.07, 6.45) is 0. The van der Waals surface area contributed by atoms with Gasteiger partial charge >= 0.3 is 0 Å². The topological polar surface area (TPSA) is 77.2 Å². The van der Waals surface area contributed by atoms with Crippen molar-refractivity contribution in [1.82, 2.24) is 4.98 Å². The number of aromatic nitrogens is 1. The van der Waals surface area contributed by atoms with Crippen molar-refractivity contribution in [2.45, 2.75) is 6.92 Å². The summed E-state index contributed by atoms with van der Waals surface area (Å²) >= 11 is 1.15. The summed E-state index contributed by atoms with van der Waals surface area (Å²) in [4.78, 5) is 13.7. The largest absolute Gasteiger partial charge is 0.416 e. The Morgan fingerprint density at radius 2 is 2.12 bits per heavy atom. The average Bonchev–Trinajstić information content (AvgIpc) is 2.59. The number of nitrogens with zero attached hydrogens (tertiary/aromatic N) is 1. The molecule has 0 amide bonds. The third-order valence-corrected chi connectivity index (χ3v) is 2.95. The molecule has 0 unspecified atom stereocenters. The number of hydrogen-bond acceptors (Lipinski definition) is 6. The summed E-state index contributed by atoms with van der Waals surface area (Å²) in [5, 5.41) is 3.99. The predicted molar refractivity (Wildman–Crippen MR) is 67.7 cm³/mol. The summed E-state index contributed by atoms with van der Waals surface area (Å²) in [6, 6.07) is 8.25. The van der Waals surface area contributed by atoms with Crippen LogP contribution >= 0.6 is 11.3 Å². The van der Waals surface area contributed by atoms with Gasteiger partial charge in [0.2, 0.25) is 5.06 Å². The van der Waals surface area contributed by atoms with Crippen molar-refractivity contribution in [1.29, 1.82) is 0 Å². The van der Waals surface area contributed by atoms with Crippen molar-refractivity contribution in [3.05, 3.63) is 30.0 Å². The van der Waals surface area contributed by atoms with Crippen LogP contribution in [0.3, 0.4) is 0 Å². The van der Waals surface area contributed by atoms with Crippen LogP contribution in [0.1, 0.15) is 5.69 Å². The van der Waals surface area contributed by atoms with Gasteiger partial charge in [-0.25, -0.2) is 4.98 Å². The molecule has 3 N–H and O–H groups in total. The molecule has 3 heterocycles. The van der Waals surface area contributed by atoms with Gasteiger partial charge in [0.25, 0.3) is 6.47 Å². The fraction of sp³-hybridized carbons (Fsp3) is 0.0909. The zero-order valence-electron chi connectivity index (χ0n) is 9.14. The molecule has 2 bridgehead atoms. The van der Waals surface area contributed by atoms with Crippen LogP contribution in [0.4, 0.5) is 16.5 Å². The zero-order valence-corrected chi connectivity index (χ0v) is 9.95. The summed E-state index contributed by atoms with van der Waals surface area (Å²) in [6.45, 7) is 2.09. The summed E-state index contributed by atoms with van der Waals surface area (Å²) in [7, 11) is 0. The van der Waals surface area contributed by atoms with Crippen LogP contribution in [0.15, 0.2) is 24.3 Å². The van der Waals surface area contributed by atoms with E-state index in [0.29, 0.717) is 22.4 Å². The molecule has 6 heteroatoms. The van der Waals surface area contributed by atoms with Gasteiger partial charge in [0, 0.05) is 11.4 Å². The maximum atomic E-state index is 9.85. The standard InChI is InChI=1S/C6H5N.C5H6N2O2S/c1-2-5-4-6(3-1)7-5;1-3-4(9-2-8)10-5(6)7-3/h1-4,7H;2H,1H3,(H2,6,7). The second-order valence-corrected chi connectivity index (χ2v) is 4.34. The van der Waals surface area contributed by atoms with Crippen LogP contribution in [-0.2, 0) is 4.79 Å². The number of ether oxygens (including phenoxy) is 1. The fourth-order valence-electron chi connectivity index (χ4n) is 1.32. The third kappa shape index (κ3) is 2.73. The number of rotatable bonds is 2. The summed E-state index contributed by atoms with van der Waals surface area (Å²) < 4.78 is 4.55. The molecule has 17 heavy (non-hydrogen) atoms. The number of fused-ring (bicyclic) bond motifs is 2. The SMILES string of the molecule is Cc1nc(N)sc1OC=O.c1cc2cc(c1)N2. The molecule has 0 atom stereocenters. The van der Waals surface area contributed by atoms with Crippen molar-refractivity contribution < 1.29 is 9.53 Å². The Bertz CT molecular complexity index is 515. The van der Waals surface area contributed by atoms with E-state index in [9.17, 15) is 4.79 Å². The van der Waals surface area contributed by atoms with E-state index in [1.807, 2.05) is 18.2 Å². The normalized spacial score (nSPS) is 10.4. The number of nitrogens with one attached hydrogen (secondary N) is 1. The summed E-state index contributed by atoms with van der Waals surface area (Å²) in [5.41, 5.74) is 8.44. The van der Waals surface area contributed by atoms with Gasteiger partial charge in [-0.15, -0.1) is 0 Å². The molecule has 0 aliphatic carbocycles. The molecule has 1 aromatic carbocycles. The first-order valence-corrected chi connectivity index (χ1v) is 5.71. The van der Waals surface area contributed by atoms with Gasteiger partial charge < -0.3 is 15.8 Å². The number of anilines is 3. The molecule has 2 aliphatic rings. The monoisotopic (exact) mass is 249 g/mol. The quantitative estimate of drug-likeness (QED) is 0.681. The Kier molecular flexibility index (Phi) is 3.24. The number of carbonyl (C=O) groups is 1. The van der Waals surface area contributed by atoms with Gasteiger partial charge in [0.15, 0.2) is 5.13 Å². The lowest BCUT2D eigenvalue weighted by Gasteiger charge is -2.15. The van der Waals surface area contributed by atoms with Crippen LogP contribution < -0.4 is 15.8 Å². The Hall–Kier alpha value is -2.08. The van der Waals surface area contributed by atoms with Gasteiger partial charge in [-0.1, -0.05) is 17.4 Å². The molecule has 0 saturated heterocycles. The van der Waals surface area contributed by atoms with Crippen LogP contribution in [0, 0.1) is 6.92 Å². The number of nitrogen functional groups attached to an aromatic ring is 1. The van der Waals surface area contributed by atoms with E-state index in [0.717, 1.165) is 11.3 Å². The Labute approximate surface area is 102 Å². The third-order valence-electron chi connectivity index (χ3n) is 2.08. The van der Waals surface area contributed by atoms with Crippen molar-refractivity contribution in [2.24, 2.45) is 0 Å². The van der Waals surface area contributed by atoms with E-state index in [2.05, 4.69) is 21.1 Å². The molecule has 0 fully saturated rings. The first-order chi connectivity index (χ1) is 8.19. The van der Waals surface area contributed by atoms with E-state index in [1.54, 1.807) is 6.92 Å². The van der Waals surface area contributed by atoms with Crippen LogP contribution in [0.25, 0.3) is 0 Å². The van der Waals surface area contributed by atoms with E-state index >= 15 is 0 Å². The number of benzene rings is 1. The molecule has 5 nitrogen and oxygen atoms in total. The summed E-state index contributed by atoms with van der Waals surface area (Å²) in [5.74, 6) is 0. The number of nitrogens with two attached hydrogens (primary N) is 1. The maximum Gasteiger partial charge on any atom is 0.299 e. The predicted octanol–water partition coefficient (Wildman–Crippen LogP) is 2.31. The highest BCUT2D eigenvalue weighted by atomic mass is 32.1. The highest BCUT2D eigenvalue weighted by Crippen LogP contribution is 2.27. The molecule has 1 aromatic heterocycles. The number of thiazole rings is 1. The minimum Gasteiger partial charge on any atom is -0.416 e. The highest BCUT2D eigenvalue weighted by molar-refractivity contribution is 7.17. The molecule has 4 rings (SSSR count). The van der Waals surface area contributed by atoms with E-state index < -0.39 is 0 Å². The van der Waals surface area contributed by atoms with Crippen molar-refractivity contribution >= 4 is 34.3 Å². The average molecular weight is 249 g/mol. The molecule has 2 aliphatic heterocycles. The van der Waals surface area contributed by atoms with Crippen molar-refractivity contribution in [3.63, 3.8) is 0 Å². The van der Waals surface area contributed by atoms with Gasteiger partial charge in [0.05, 0.1) is 5.69 Å². The highest BCUT2D eigenvalue weighted by Gasteiger charge is 2.04. The second-order valence-electron chi connectivity index (χ2n) is 3.34. The lowest BCUT2D eigenvalue weighted by molar-refractivity contribution is -0.120. The lowest BCUT2D eigenvalue weighted by Crippen LogP contribution is -1.98. The van der Waals surface area contributed by atoms with Crippen LogP contribution in [0.2, 0.25) is 0 Å². The molecule has 2 aromatic rings. The van der Waals surface area contributed by atoms with E-state index in [-0.39, 0.29) is 0 Å². The Morgan fingerprint density at radius 3 is 2.41 bits per heavy atom. The van der Waals surface area contributed by atoms with E-state index in [4.69, 9.17) is 5.73 Å². The number of hydrogen-bond donors (Lipinski definition) is 2. The molecule has 0 spiro atoms. The Morgan fingerprint density at radius 1 is 1.47 bits per heavy atom. The van der Waals surface area contributed by atoms with Crippen LogP contribution in [-0.4, -0.2) is 11.5 Å². The van der Waals surface area contributed by atoms with Gasteiger partial charge in [-0.3, -0.25) is 4.79 Å². The molecular formula is C11H11N3O2S. The minimum atomic E-state index is 0.361. The first kappa shape index (κ1) is 11.4. The van der Waals surface area contributed by atoms with Crippen LogP contribution in [0.5, 0.6) is 5.06 Å². The number of aryl methyl sites for hydroxylation is 1. The second kappa shape index (κ2) is 4.84. The number of carbonyl (C=O) groups excluding carboxylic acids is 1. The van der Waals surface area contributed by atoms with Gasteiger partial charge in [-0.2, -0.15) is 0 Å². The maximum absolute atomic E-state index is 9.85. The Balaban J connectivity index is 0.000000134. The van der Waals surface area contributed by atoms with Gasteiger partial charge in [-0.05, 0) is 25.1 Å². The lowest BCUT2D eigenvalue weighted by atomic mass is 10.2. The first-order valence-electron chi connectivity index (χ1n) is 4.89. The molecular weight excluding hydrogens is 238 g/mol. The minimum absolute atomic E-state index is 0.361. The molecule has 0 saturated carbocycles. The van der Waals surface area contributed by atoms with Crippen molar-refractivity contribution in [3.8, 4) is 5.06 Å². The molecule has 0 radical (unpaired) electrons. The smallest absolute Gasteiger partial charge is 0.299 e. The van der Waals surface area contributed by atoms with Gasteiger partial charge in [0.1, 0.15) is 0 Å². The fourth-order valence-corrected chi connectivity index (χ4v) is 1.97. The zero-order chi connectivity index (χ0) is 12.3.